The second kappa shape index (κ2) is 52.0. The Kier molecular flexibility index (Phi) is 38.0. The fraction of sp³-hybridized carbons (Fsp3) is 0.244. The van der Waals surface area contributed by atoms with Crippen LogP contribution >= 0.6 is 0 Å². The number of methoxy groups -OCH3 is 3. The van der Waals surface area contributed by atoms with Gasteiger partial charge in [0.25, 0.3) is 0 Å². The fourth-order valence-corrected chi connectivity index (χ4v) is 15.4. The van der Waals surface area contributed by atoms with Crippen molar-refractivity contribution < 1.29 is 83.3 Å². The number of para-hydroxylation sites is 1. The van der Waals surface area contributed by atoms with Crippen molar-refractivity contribution >= 4 is 34.7 Å². The van der Waals surface area contributed by atoms with Gasteiger partial charge in [0.2, 0.25) is 0 Å². The zero-order valence-electron chi connectivity index (χ0n) is 85.7. The summed E-state index contributed by atoms with van der Waals surface area (Å²) in [5.74, 6) is 6.45. The molecule has 0 aliphatic heterocycles. The molecule has 0 aliphatic carbocycles. The number of alkyl halides is 3. The van der Waals surface area contributed by atoms with E-state index in [1.165, 1.54) is 40.6 Å². The number of aromatic nitrogens is 12. The van der Waals surface area contributed by atoms with E-state index in [2.05, 4.69) is 139 Å². The van der Waals surface area contributed by atoms with Gasteiger partial charge in [0.05, 0.1) is 26.9 Å². The molecule has 30 heteroatoms. The van der Waals surface area contributed by atoms with Crippen molar-refractivity contribution in [2.45, 2.75) is 172 Å². The third-order valence-electron chi connectivity index (χ3n) is 24.0. The number of halogens is 3. The number of carbonyl (C=O) groups excluding carboxylic acids is 6. The molecule has 18 rings (SSSR count). The Morgan fingerprint density at radius 1 is 0.275 bits per heavy atom. The molecule has 27 nitrogen and oxygen atoms in total. The number of ether oxygens (including phenoxy) is 3. The lowest BCUT2D eigenvalue weighted by molar-refractivity contribution is -0.137. The molecule has 762 valence electrons. The Morgan fingerprint density at radius 2 is 0.557 bits per heavy atom. The van der Waals surface area contributed by atoms with E-state index in [1.807, 2.05) is 187 Å². The maximum absolute atomic E-state index is 12.6. The Labute approximate surface area is 861 Å². The molecule has 0 bridgehead atoms. The van der Waals surface area contributed by atoms with Crippen molar-refractivity contribution in [3.8, 4) is 84.8 Å². The van der Waals surface area contributed by atoms with Crippen molar-refractivity contribution in [1.82, 2.24) is 60.8 Å². The van der Waals surface area contributed by atoms with Gasteiger partial charge in [-0.15, -0.1) is 0 Å². The lowest BCUT2D eigenvalue weighted by atomic mass is 9.86. The zero-order valence-corrected chi connectivity index (χ0v) is 85.7. The van der Waals surface area contributed by atoms with E-state index in [4.69, 9.17) is 41.3 Å². The van der Waals surface area contributed by atoms with Crippen LogP contribution in [-0.4, -0.2) is 117 Å². The van der Waals surface area contributed by atoms with Crippen LogP contribution in [0.3, 0.4) is 0 Å². The van der Waals surface area contributed by atoms with E-state index in [9.17, 15) is 41.9 Å². The van der Waals surface area contributed by atoms with Crippen molar-refractivity contribution in [2.75, 3.05) is 21.3 Å². The molecule has 0 N–H and O–H groups in total. The summed E-state index contributed by atoms with van der Waals surface area (Å²) in [7, 11) is 4.87. The third kappa shape index (κ3) is 32.1. The average Bonchev–Trinajstić information content (AvgIpc) is 1.74. The van der Waals surface area contributed by atoms with Crippen LogP contribution in [0.1, 0.15) is 218 Å². The van der Waals surface area contributed by atoms with E-state index < -0.39 is 11.7 Å². The highest BCUT2D eigenvalue weighted by Crippen LogP contribution is 2.36. The second-order valence-corrected chi connectivity index (χ2v) is 36.6. The highest BCUT2D eigenvalue weighted by molar-refractivity contribution is 5.99. The molecule has 6 aromatic carbocycles. The molecule has 0 atom stereocenters. The second-order valence-electron chi connectivity index (χ2n) is 36.6. The molecule has 0 radical (unpaired) electrons. The van der Waals surface area contributed by atoms with Crippen molar-refractivity contribution in [2.24, 2.45) is 0 Å². The average molecular weight is 2010 g/mol. The molecule has 0 unspecified atom stereocenters. The minimum Gasteiger partial charge on any atom is -0.497 e. The molecule has 0 saturated carbocycles. The first-order valence-corrected chi connectivity index (χ1v) is 48.4. The molecule has 18 aromatic rings. The maximum atomic E-state index is 12.6. The van der Waals surface area contributed by atoms with Gasteiger partial charge in [-0.2, -0.15) is 13.2 Å². The minimum absolute atomic E-state index is 0.0396. The molecule has 12 heterocycles. The summed E-state index contributed by atoms with van der Waals surface area (Å²) < 4.78 is 85.5. The quantitative estimate of drug-likeness (QED) is 0.0345. The van der Waals surface area contributed by atoms with Gasteiger partial charge in [-0.1, -0.05) is 130 Å². The van der Waals surface area contributed by atoms with Crippen LogP contribution in [0.2, 0.25) is 0 Å². The topological polar surface area (TPSA) is 364 Å². The van der Waals surface area contributed by atoms with Gasteiger partial charge in [-0.3, -0.25) is 58.7 Å². The van der Waals surface area contributed by atoms with Gasteiger partial charge in [0.15, 0.2) is 34.7 Å². The fourth-order valence-electron chi connectivity index (χ4n) is 15.4. The molecule has 0 saturated heterocycles. The molecule has 12 aromatic heterocycles. The summed E-state index contributed by atoms with van der Waals surface area (Å²) in [5.41, 5.74) is 22.8. The van der Waals surface area contributed by atoms with Crippen LogP contribution in [0.5, 0.6) is 17.2 Å². The van der Waals surface area contributed by atoms with E-state index in [-0.39, 0.29) is 46.5 Å². The summed E-state index contributed by atoms with van der Waals surface area (Å²) in [5, 5.41) is 24.4. The lowest BCUT2D eigenvalue weighted by Crippen LogP contribution is -2.10. The van der Waals surface area contributed by atoms with E-state index in [1.54, 1.807) is 88.7 Å². The molecule has 0 fully saturated rings. The normalized spacial score (nSPS) is 11.0. The molecule has 0 spiro atoms. The van der Waals surface area contributed by atoms with Crippen molar-refractivity contribution in [1.29, 1.82) is 0 Å². The van der Waals surface area contributed by atoms with Crippen LogP contribution < -0.4 is 14.2 Å². The standard InChI is InChI=1S/C22H24N2O2.C21H22N2O2.C19H15F3N2O2.3C19H18N2O3/c1-15-5-6-17(14-23-15)21(25)12-11-19-13-20(24-26-19)16-7-9-18(10-8-16)22(2,3)4;1-13-9-14(2)21(15(3)10-13)19-11-18(25-23-19)7-8-20(24)17-6-5-16(4)22-12-17;1-12-2-3-14(11-23-12)18(25)9-8-16-10-17(24-26-16)13-4-6-15(7-5-13)19(20,21)22;1-13-3-4-15(12-20-13)19(22)10-9-17-11-18(21-24-17)14-5-7-16(23-2)8-6-14;1-13-6-7-15(12-20-13)19(22)9-8-17-11-18(21-24-17)14-4-3-5-16(10-14)23-2;1-13-7-8-14(12-20-13)18(22)10-9-15-11-17(21-24-15)16-5-3-4-6-19(16)23-2/h5-10,13-14H,11-12H2,1-4H3;5-6,9-12H,7-8H2,1-4H3;2-7,10-11H,8-9H2,1H3;3-8,11-12H,9-10H2,1-2H3;3-7,10-12H,8-9H2,1-2H3;3-8,11-12H,9-10H2,1-2H3. The number of carbonyl (C=O) groups is 6. The van der Waals surface area contributed by atoms with Gasteiger partial charge in [-0.05, 0) is 218 Å². The Hall–Kier alpha value is -17.3. The smallest absolute Gasteiger partial charge is 0.416 e. The van der Waals surface area contributed by atoms with E-state index >= 15 is 0 Å². The lowest BCUT2D eigenvalue weighted by Gasteiger charge is -2.18. The number of pyridine rings is 6. The summed E-state index contributed by atoms with van der Waals surface area (Å²) in [6.07, 6.45) is 10.2. The van der Waals surface area contributed by atoms with Gasteiger partial charge < -0.3 is 41.3 Å². The Balaban J connectivity index is 0.000000149. The van der Waals surface area contributed by atoms with Crippen LogP contribution in [0.25, 0.3) is 67.5 Å². The van der Waals surface area contributed by atoms with Gasteiger partial charge in [-0.25, -0.2) is 0 Å². The highest BCUT2D eigenvalue weighted by atomic mass is 19.4. The van der Waals surface area contributed by atoms with Crippen LogP contribution in [0, 0.1) is 62.3 Å². The summed E-state index contributed by atoms with van der Waals surface area (Å²) in [6, 6.07) is 72.9. The maximum Gasteiger partial charge on any atom is 0.416 e. The molecular formula is C119H115F3N12O15. The minimum atomic E-state index is -4.38. The number of rotatable bonds is 33. The number of ketones is 6. The third-order valence-corrected chi connectivity index (χ3v) is 24.0. The number of Topliss-reactive ketones (excluding diaryl/α,β-unsaturated/α-hetero) is 6. The van der Waals surface area contributed by atoms with Crippen molar-refractivity contribution in [3.63, 3.8) is 0 Å². The Morgan fingerprint density at radius 3 is 0.852 bits per heavy atom. The van der Waals surface area contributed by atoms with Crippen molar-refractivity contribution in [3.05, 3.63) is 410 Å². The summed E-state index contributed by atoms with van der Waals surface area (Å²) in [4.78, 5) is 98.0. The number of hydrogen-bond donors (Lipinski definition) is 0. The summed E-state index contributed by atoms with van der Waals surface area (Å²) in [6.45, 7) is 24.1. The number of benzene rings is 6. The van der Waals surface area contributed by atoms with Crippen LogP contribution in [0.15, 0.2) is 307 Å². The van der Waals surface area contributed by atoms with Gasteiger partial charge >= 0.3 is 6.18 Å². The predicted octanol–water partition coefficient (Wildman–Crippen LogP) is 26.4. The highest BCUT2D eigenvalue weighted by Gasteiger charge is 2.31. The molecular weight excluding hydrogens is 1890 g/mol. The van der Waals surface area contributed by atoms with Gasteiger partial charge in [0.1, 0.15) is 86.0 Å². The first kappa shape index (κ1) is 109. The number of hydrogen-bond acceptors (Lipinski definition) is 27. The first-order valence-electron chi connectivity index (χ1n) is 48.4. The van der Waals surface area contributed by atoms with Crippen LogP contribution in [0.4, 0.5) is 13.2 Å². The monoisotopic (exact) mass is 2010 g/mol. The largest absolute Gasteiger partial charge is 0.497 e. The van der Waals surface area contributed by atoms with Gasteiger partial charge in [0, 0.05) is 252 Å². The first-order chi connectivity index (χ1) is 71.6. The zero-order chi connectivity index (χ0) is 106. The van der Waals surface area contributed by atoms with Crippen LogP contribution in [-0.2, 0) is 50.1 Å². The Bertz CT molecular complexity index is 7320. The molecule has 0 aliphatic rings. The number of aryl methyl sites for hydroxylation is 15. The SMILES string of the molecule is COc1ccc(-c2cc(CCC(=O)c3ccc(C)nc3)on2)cc1.COc1cccc(-c2cc(CCC(=O)c3ccc(C)nc3)on2)c1.COc1ccccc1-c1cc(CCC(=O)c2ccc(C)nc2)on1.Cc1cc(C)c(-c2cc(CCC(=O)c3ccc(C)nc3)on2)c(C)c1.Cc1ccc(C(=O)CCc2cc(-c3ccc(C(C)(C)C)cc3)no2)cn1.Cc1ccc(C(=O)CCc2cc(-c3ccc(C(F)(F)F)cc3)no2)cn1. The molecule has 149 heavy (non-hydrogen) atoms. The predicted molar refractivity (Wildman–Crippen MR) is 559 cm³/mol. The summed E-state index contributed by atoms with van der Waals surface area (Å²) >= 11 is 0. The van der Waals surface area contributed by atoms with E-state index in [0.717, 1.165) is 120 Å². The van der Waals surface area contributed by atoms with E-state index in [0.29, 0.717) is 150 Å². The number of nitrogens with zero attached hydrogens (tertiary/aromatic N) is 12. The molecule has 0 amide bonds.